The van der Waals surface area contributed by atoms with Gasteiger partial charge in [-0.1, -0.05) is 150 Å². The molecule has 6 unspecified atom stereocenters. The maximum atomic E-state index is 13.2. The number of rotatable bonds is 13. The molecule has 0 amide bonds. The van der Waals surface area contributed by atoms with E-state index in [4.69, 9.17) is 33.2 Å². The molecule has 4 heterocycles. The first-order valence-electron chi connectivity index (χ1n) is 30.7. The predicted molar refractivity (Wildman–Crippen MR) is 384 cm³/mol. The van der Waals surface area contributed by atoms with Crippen molar-refractivity contribution in [3.05, 3.63) is 236 Å². The van der Waals surface area contributed by atoms with Crippen LogP contribution >= 0.6 is 20.9 Å². The molecule has 94 heavy (non-hydrogen) atoms. The van der Waals surface area contributed by atoms with E-state index in [1.54, 1.807) is 13.8 Å². The van der Waals surface area contributed by atoms with E-state index in [0.717, 1.165) is 55.1 Å². The average molecular weight is 1300 g/mol. The third kappa shape index (κ3) is 12.5. The van der Waals surface area contributed by atoms with E-state index in [0.29, 0.717) is 11.3 Å². The molecular formula is C81H82O11S2+2. The van der Waals surface area contributed by atoms with Crippen molar-refractivity contribution in [3.63, 3.8) is 0 Å². The van der Waals surface area contributed by atoms with Gasteiger partial charge >= 0.3 is 23.9 Å². The number of hydrogen-bond acceptors (Lipinski definition) is 11. The average Bonchev–Trinajstić information content (AvgIpc) is 1.59. The molecule has 0 radical (unpaired) electrons. The van der Waals surface area contributed by atoms with E-state index < -0.39 is 47.7 Å². The molecule has 6 atom stereocenters. The van der Waals surface area contributed by atoms with Crippen LogP contribution in [0.5, 0.6) is 11.5 Å². The molecule has 0 N–H and O–H groups in total. The van der Waals surface area contributed by atoms with Gasteiger partial charge in [-0.2, -0.15) is 0 Å². The van der Waals surface area contributed by atoms with Crippen LogP contribution in [0.1, 0.15) is 103 Å². The molecule has 2 aliphatic heterocycles. The van der Waals surface area contributed by atoms with Gasteiger partial charge in [-0.3, -0.25) is 9.59 Å². The van der Waals surface area contributed by atoms with Crippen LogP contribution in [0.15, 0.2) is 182 Å². The minimum atomic E-state index is -1.30. The van der Waals surface area contributed by atoms with Crippen LogP contribution in [-0.2, 0) is 54.4 Å². The van der Waals surface area contributed by atoms with Crippen LogP contribution in [0.25, 0.3) is 73.1 Å². The molecule has 12 aromatic rings. The highest BCUT2D eigenvalue weighted by molar-refractivity contribution is 7.45. The predicted octanol–water partition coefficient (Wildman–Crippen LogP) is 20.4. The third-order valence-electron chi connectivity index (χ3n) is 17.9. The number of carbonyl (C=O) groups excluding carboxylic acids is 4. The lowest BCUT2D eigenvalue weighted by Gasteiger charge is -2.24. The molecular weight excluding hydrogens is 1210 g/mol. The molecule has 2 fully saturated rings. The number of hydrogen-bond donors (Lipinski definition) is 0. The highest BCUT2D eigenvalue weighted by Crippen LogP contribution is 2.52. The van der Waals surface area contributed by atoms with Crippen LogP contribution in [0.3, 0.4) is 0 Å². The highest BCUT2D eigenvalue weighted by Gasteiger charge is 2.49. The summed E-state index contributed by atoms with van der Waals surface area (Å²) in [5, 5.41) is 11.8. The molecule has 11 nitrogen and oxygen atoms in total. The minimum Gasteiger partial charge on any atom is -0.489 e. The first kappa shape index (κ1) is 67.6. The fourth-order valence-electron chi connectivity index (χ4n) is 13.3. The van der Waals surface area contributed by atoms with Crippen molar-refractivity contribution in [2.75, 3.05) is 13.2 Å². The van der Waals surface area contributed by atoms with Crippen molar-refractivity contribution in [2.24, 2.45) is 0 Å². The molecule has 0 bridgehead atoms. The summed E-state index contributed by atoms with van der Waals surface area (Å²) in [6.45, 7) is 20.6. The maximum absolute atomic E-state index is 13.2. The van der Waals surface area contributed by atoms with Crippen molar-refractivity contribution >= 4 is 108 Å². The maximum Gasteiger partial charge on any atom is 0.338 e. The normalized spacial score (nSPS) is 17.9. The van der Waals surface area contributed by atoms with Gasteiger partial charge in [0.05, 0.1) is 23.6 Å². The van der Waals surface area contributed by atoms with Gasteiger partial charge in [0.15, 0.2) is 41.2 Å². The van der Waals surface area contributed by atoms with E-state index in [1.165, 1.54) is 72.4 Å². The molecule has 0 spiro atoms. The summed E-state index contributed by atoms with van der Waals surface area (Å²) < 4.78 is 43.6. The molecule has 2 aliphatic rings. The number of fused-ring (bicyclic) bond motifs is 8. The first-order valence-corrected chi connectivity index (χ1v) is 33.1. The Morgan fingerprint density at radius 2 is 0.872 bits per heavy atom. The Morgan fingerprint density at radius 1 is 0.447 bits per heavy atom. The lowest BCUT2D eigenvalue weighted by molar-refractivity contribution is -0.176. The van der Waals surface area contributed by atoms with Crippen molar-refractivity contribution in [2.45, 2.75) is 128 Å². The van der Waals surface area contributed by atoms with E-state index in [9.17, 15) is 19.2 Å². The van der Waals surface area contributed by atoms with Crippen molar-refractivity contribution in [1.29, 1.82) is 0 Å². The van der Waals surface area contributed by atoms with Crippen molar-refractivity contribution < 1.29 is 52.3 Å². The third-order valence-corrected chi connectivity index (χ3v) is 22.7. The van der Waals surface area contributed by atoms with Gasteiger partial charge in [0.2, 0.25) is 11.6 Å². The van der Waals surface area contributed by atoms with Gasteiger partial charge in [-0.05, 0) is 137 Å². The van der Waals surface area contributed by atoms with Gasteiger partial charge < -0.3 is 33.2 Å². The Hall–Kier alpha value is -9.24. The summed E-state index contributed by atoms with van der Waals surface area (Å²) in [6, 6.07) is 62.1. The molecule has 0 saturated carbocycles. The molecule has 482 valence electrons. The summed E-state index contributed by atoms with van der Waals surface area (Å²) in [5.74, 6) is -3.53. The van der Waals surface area contributed by atoms with Crippen LogP contribution in [0.2, 0.25) is 0 Å². The lowest BCUT2D eigenvalue weighted by atomic mass is 9.99. The van der Waals surface area contributed by atoms with Crippen LogP contribution in [0.4, 0.5) is 0 Å². The smallest absolute Gasteiger partial charge is 0.338 e. The second-order valence-corrected chi connectivity index (χ2v) is 28.3. The SMILES string of the molecule is C.C.C.Cc1cc(-[s+]2c(C)c(C)c3c4ccccc4ccc32)cc(C)c1OC(=O)CC1OC(C)(c2cccc3ccccc23)OC1=O.Cc1cc(-[s+]2c(C)c(C)c3c4ccccc4ccc32)cc(C)c1OCCOC(=O)CC1OC(C)(c2ccc3ccccc3c2)OC1=O. The summed E-state index contributed by atoms with van der Waals surface area (Å²) in [6.07, 6.45) is -2.59. The summed E-state index contributed by atoms with van der Waals surface area (Å²) in [5.41, 5.74) is 7.94. The number of thiophene rings is 2. The second-order valence-electron chi connectivity index (χ2n) is 24.1. The Bertz CT molecular complexity index is 4910. The Balaban J connectivity index is 0.000000199. The standard InChI is InChI=1S/C40H37O6S.C38H33O5S.3CH4/c1-24-20-32(47-27(4)26(3)37-33-13-9-8-11-29(33)15-17-35(37)47)21-25(2)38(24)44-19-18-43-36(41)23-34-39(42)46-40(5,45-34)31-16-14-28-10-6-7-12-30(28)22-31;1-22-19-28(44-25(4)24(3)35-30-15-9-7-12-27(30)17-18-33(35)44)20-23(2)36(22)41-34(39)21-32-37(40)43-38(5,42-32)31-16-10-13-26-11-6-8-14-29(26)31;;;/h6-17,20-22,34H,18-19,23H2,1-5H3;6-20,32H,21H2,1-5H3;3*1H4/q2*+1;;;. The monoisotopic (exact) mass is 1290 g/mol. The number of benzene rings is 10. The Labute approximate surface area is 556 Å². The van der Waals surface area contributed by atoms with Crippen LogP contribution < -0.4 is 9.47 Å². The van der Waals surface area contributed by atoms with Gasteiger partial charge in [0.1, 0.15) is 24.7 Å². The number of esters is 4. The zero-order valence-electron chi connectivity index (χ0n) is 52.6. The molecule has 13 heteroatoms. The zero-order valence-corrected chi connectivity index (χ0v) is 54.2. The van der Waals surface area contributed by atoms with Crippen LogP contribution in [0, 0.1) is 55.4 Å². The molecule has 2 saturated heterocycles. The van der Waals surface area contributed by atoms with Crippen molar-refractivity contribution in [1.82, 2.24) is 0 Å². The number of ether oxygens (including phenoxy) is 7. The summed E-state index contributed by atoms with van der Waals surface area (Å²) in [4.78, 5) is 56.6. The molecule has 10 aromatic carbocycles. The van der Waals surface area contributed by atoms with Gasteiger partial charge in [-0.25, -0.2) is 9.59 Å². The first-order chi connectivity index (χ1) is 43.8. The Kier molecular flexibility index (Phi) is 19.4. The van der Waals surface area contributed by atoms with Gasteiger partial charge in [-0.15, -0.1) is 0 Å². The fraction of sp³-hybridized carbons (Fsp3) is 0.259. The van der Waals surface area contributed by atoms with E-state index in [-0.39, 0.29) is 69.3 Å². The fourth-order valence-corrected chi connectivity index (χ4v) is 18.5. The largest absolute Gasteiger partial charge is 0.489 e. The minimum absolute atomic E-state index is 0. The topological polar surface area (TPSA) is 133 Å². The zero-order chi connectivity index (χ0) is 63.6. The number of aryl methyl sites for hydroxylation is 6. The number of cyclic esters (lactones) is 2. The van der Waals surface area contributed by atoms with E-state index >= 15 is 0 Å². The van der Waals surface area contributed by atoms with Gasteiger partial charge in [0.25, 0.3) is 0 Å². The second kappa shape index (κ2) is 27.0. The number of carbonyl (C=O) groups is 4. The summed E-state index contributed by atoms with van der Waals surface area (Å²) in [7, 11) is -0.390. The van der Waals surface area contributed by atoms with E-state index in [1.807, 2.05) is 98.8 Å². The lowest BCUT2D eigenvalue weighted by Crippen LogP contribution is -2.26. The van der Waals surface area contributed by atoms with Gasteiger partial charge in [0, 0.05) is 95.2 Å². The van der Waals surface area contributed by atoms with Crippen molar-refractivity contribution in [3.8, 4) is 21.3 Å². The molecule has 0 aliphatic carbocycles. The Morgan fingerprint density at radius 3 is 1.41 bits per heavy atom. The summed E-state index contributed by atoms with van der Waals surface area (Å²) >= 11 is 0. The van der Waals surface area contributed by atoms with E-state index in [2.05, 4.69) is 139 Å². The molecule has 2 aromatic heterocycles. The molecule has 14 rings (SSSR count). The highest BCUT2D eigenvalue weighted by atomic mass is 32.2. The van der Waals surface area contributed by atoms with Crippen LogP contribution in [-0.4, -0.2) is 49.3 Å². The quantitative estimate of drug-likeness (QED) is 0.0359.